The third kappa shape index (κ3) is 1.37. The number of fused-ring (bicyclic) bond motifs is 1. The number of hydrogen-bond acceptors (Lipinski definition) is 2. The standard InChI is InChI=1S/C7H6S2Se2/c1-3-5-6(4(2)9-3)11-7(8)10-5/h1-2H3. The van der Waals surface area contributed by atoms with E-state index in [1.165, 1.54) is 12.0 Å². The molecule has 2 rings (SSSR count). The van der Waals surface area contributed by atoms with E-state index in [2.05, 4.69) is 13.8 Å². The summed E-state index contributed by atoms with van der Waals surface area (Å²) in [6.45, 7) is 4.45. The van der Waals surface area contributed by atoms with Crippen molar-refractivity contribution in [2.45, 2.75) is 13.8 Å². The van der Waals surface area contributed by atoms with Crippen molar-refractivity contribution >= 4 is 61.1 Å². The Morgan fingerprint density at radius 1 is 1.09 bits per heavy atom. The summed E-state index contributed by atoms with van der Waals surface area (Å²) in [7, 11) is 0. The van der Waals surface area contributed by atoms with Gasteiger partial charge in [0, 0.05) is 0 Å². The van der Waals surface area contributed by atoms with E-state index in [4.69, 9.17) is 12.2 Å². The van der Waals surface area contributed by atoms with Crippen LogP contribution in [0.15, 0.2) is 0 Å². The second-order valence-corrected chi connectivity index (χ2v) is 10.9. The summed E-state index contributed by atoms with van der Waals surface area (Å²) >= 11 is 8.28. The minimum absolute atomic E-state index is 0.541. The Labute approximate surface area is 86.4 Å². The second kappa shape index (κ2) is 2.95. The van der Waals surface area contributed by atoms with Crippen molar-refractivity contribution in [2.75, 3.05) is 0 Å². The Kier molecular flexibility index (Phi) is 2.26. The Bertz CT molecular complexity index is 409. The molecular formula is C7H6S2Se2. The average Bonchev–Trinajstić information content (AvgIpc) is 2.38. The predicted octanol–water partition coefficient (Wildman–Crippen LogP) is 2.36. The van der Waals surface area contributed by atoms with Gasteiger partial charge in [-0.25, -0.2) is 0 Å². The third-order valence-corrected chi connectivity index (χ3v) is 10.2. The van der Waals surface area contributed by atoms with Crippen molar-refractivity contribution in [3.63, 3.8) is 0 Å². The summed E-state index contributed by atoms with van der Waals surface area (Å²) in [4.78, 5) is 3.03. The molecule has 0 atom stereocenters. The van der Waals surface area contributed by atoms with Gasteiger partial charge >= 0.3 is 86.9 Å². The van der Waals surface area contributed by atoms with Gasteiger partial charge in [-0.2, -0.15) is 0 Å². The van der Waals surface area contributed by atoms with Crippen molar-refractivity contribution in [1.29, 1.82) is 0 Å². The van der Waals surface area contributed by atoms with Gasteiger partial charge in [0.15, 0.2) is 0 Å². The van der Waals surface area contributed by atoms with E-state index >= 15 is 0 Å². The van der Waals surface area contributed by atoms with Gasteiger partial charge in [-0.05, 0) is 0 Å². The fraction of sp³-hybridized carbons (Fsp3) is 0.286. The van der Waals surface area contributed by atoms with Crippen LogP contribution in [0.3, 0.4) is 0 Å². The molecule has 0 spiro atoms. The quantitative estimate of drug-likeness (QED) is 0.532. The van der Waals surface area contributed by atoms with Crippen LogP contribution in [0.5, 0.6) is 0 Å². The van der Waals surface area contributed by atoms with E-state index in [-0.39, 0.29) is 0 Å². The molecule has 2 aromatic rings. The number of aryl methyl sites for hydroxylation is 2. The molecule has 0 aliphatic rings. The Morgan fingerprint density at radius 2 is 1.55 bits per heavy atom. The van der Waals surface area contributed by atoms with Crippen LogP contribution < -0.4 is 0 Å². The van der Waals surface area contributed by atoms with Crippen LogP contribution in [0.2, 0.25) is 0 Å². The molecule has 0 saturated heterocycles. The van der Waals surface area contributed by atoms with E-state index in [1.54, 1.807) is 8.52 Å². The maximum atomic E-state index is 5.26. The van der Waals surface area contributed by atoms with Crippen LogP contribution in [-0.2, 0) is 0 Å². The van der Waals surface area contributed by atoms with Crippen molar-refractivity contribution in [3.05, 3.63) is 12.0 Å². The van der Waals surface area contributed by atoms with Gasteiger partial charge in [-0.1, -0.05) is 0 Å². The average molecular weight is 312 g/mol. The Hall–Kier alpha value is 0.829. The zero-order chi connectivity index (χ0) is 8.01. The molecular weight excluding hydrogens is 306 g/mol. The number of thiophene rings is 1. The summed E-state index contributed by atoms with van der Waals surface area (Å²) in [6.07, 6.45) is 0. The van der Waals surface area contributed by atoms with Crippen LogP contribution in [0.25, 0.3) is 8.52 Å². The van der Waals surface area contributed by atoms with Crippen LogP contribution in [0.1, 0.15) is 9.75 Å². The monoisotopic (exact) mass is 314 g/mol. The van der Waals surface area contributed by atoms with Gasteiger partial charge < -0.3 is 0 Å². The molecule has 0 aromatic carbocycles. The second-order valence-electron chi connectivity index (χ2n) is 2.33. The molecule has 0 nitrogen and oxygen atoms in total. The first-order valence-electron chi connectivity index (χ1n) is 3.18. The van der Waals surface area contributed by atoms with Crippen LogP contribution in [0, 0.1) is 16.1 Å². The maximum absolute atomic E-state index is 5.26. The molecule has 58 valence electrons. The van der Waals surface area contributed by atoms with Gasteiger partial charge in [0.1, 0.15) is 0 Å². The Balaban J connectivity index is 3.03. The molecule has 0 N–H and O–H groups in total. The van der Waals surface area contributed by atoms with Crippen molar-refractivity contribution in [1.82, 2.24) is 0 Å². The predicted molar refractivity (Wildman–Crippen MR) is 56.0 cm³/mol. The molecule has 0 saturated carbocycles. The molecule has 0 unspecified atom stereocenters. The summed E-state index contributed by atoms with van der Waals surface area (Å²) in [5.41, 5.74) is 0. The van der Waals surface area contributed by atoms with Crippen LogP contribution >= 0.6 is 23.6 Å². The normalized spacial score (nSPS) is 11.1. The first-order valence-corrected chi connectivity index (χ1v) is 7.83. The van der Waals surface area contributed by atoms with Crippen LogP contribution in [-0.4, -0.2) is 29.0 Å². The van der Waals surface area contributed by atoms with Gasteiger partial charge in [-0.15, -0.1) is 0 Å². The molecule has 0 amide bonds. The summed E-state index contributed by atoms with van der Waals surface area (Å²) in [5.74, 6) is 0. The molecule has 11 heavy (non-hydrogen) atoms. The van der Waals surface area contributed by atoms with Crippen molar-refractivity contribution in [3.8, 4) is 0 Å². The summed E-state index contributed by atoms with van der Waals surface area (Å²) in [5, 5.41) is 0. The first-order chi connectivity index (χ1) is 5.18. The van der Waals surface area contributed by atoms with Gasteiger partial charge in [0.2, 0.25) is 0 Å². The molecule has 0 radical (unpaired) electrons. The molecule has 0 fully saturated rings. The van der Waals surface area contributed by atoms with E-state index in [0.29, 0.717) is 29.0 Å². The van der Waals surface area contributed by atoms with E-state index in [9.17, 15) is 0 Å². The van der Waals surface area contributed by atoms with E-state index in [1.807, 2.05) is 11.3 Å². The zero-order valence-electron chi connectivity index (χ0n) is 6.13. The third-order valence-electron chi connectivity index (χ3n) is 1.52. The molecule has 4 heteroatoms. The summed E-state index contributed by atoms with van der Waals surface area (Å²) < 4.78 is 4.57. The molecule has 0 aliphatic heterocycles. The topological polar surface area (TPSA) is 0 Å². The van der Waals surface area contributed by atoms with E-state index in [0.717, 1.165) is 0 Å². The number of rotatable bonds is 0. The molecule has 0 bridgehead atoms. The van der Waals surface area contributed by atoms with Gasteiger partial charge in [-0.3, -0.25) is 0 Å². The van der Waals surface area contributed by atoms with Crippen molar-refractivity contribution in [2.24, 2.45) is 0 Å². The first kappa shape index (κ1) is 8.43. The van der Waals surface area contributed by atoms with Crippen molar-refractivity contribution < 1.29 is 0 Å². The summed E-state index contributed by atoms with van der Waals surface area (Å²) in [6, 6.07) is 0. The van der Waals surface area contributed by atoms with Gasteiger partial charge in [0.05, 0.1) is 0 Å². The molecule has 2 heterocycles. The molecule has 2 aromatic heterocycles. The number of hydrogen-bond donors (Lipinski definition) is 0. The molecule has 0 aliphatic carbocycles. The Morgan fingerprint density at radius 3 is 2.00 bits per heavy atom. The fourth-order valence-corrected chi connectivity index (χ4v) is 9.63. The SMILES string of the molecule is Cc1sc(C)c2[se]c(=S)[se]c12. The van der Waals surface area contributed by atoms with Crippen LogP contribution in [0.4, 0.5) is 0 Å². The zero-order valence-corrected chi connectivity index (χ0v) is 11.2. The van der Waals surface area contributed by atoms with Gasteiger partial charge in [0.25, 0.3) is 0 Å². The van der Waals surface area contributed by atoms with E-state index < -0.39 is 0 Å². The fourth-order valence-electron chi connectivity index (χ4n) is 1.07. The minimum atomic E-state index is 0.541.